The Hall–Kier alpha value is -0.870. The molecule has 1 aromatic rings. The molecule has 0 aromatic heterocycles. The molecule has 0 aliphatic rings. The van der Waals surface area contributed by atoms with Crippen LogP contribution in [0.4, 0.5) is 0 Å². The largest absolute Gasteiger partial charge is 0.411 e. The Bertz CT molecular complexity index is 368. The lowest BCUT2D eigenvalue weighted by atomic mass is 10.1. The first kappa shape index (κ1) is 13.2. The summed E-state index contributed by atoms with van der Waals surface area (Å²) in [7, 11) is 0. The fourth-order valence-corrected chi connectivity index (χ4v) is 2.43. The topological polar surface area (TPSA) is 32.6 Å². The fraction of sp³-hybridized carbons (Fsp3) is 0.250. The van der Waals surface area contributed by atoms with Gasteiger partial charge < -0.3 is 5.21 Å². The summed E-state index contributed by atoms with van der Waals surface area (Å²) in [5.74, 6) is 0. The maximum absolute atomic E-state index is 8.95. The monoisotopic (exact) mass is 253 g/mol. The van der Waals surface area contributed by atoms with Crippen LogP contribution in [0.3, 0.4) is 0 Å². The van der Waals surface area contributed by atoms with E-state index in [2.05, 4.69) is 5.16 Å². The first-order valence-electron chi connectivity index (χ1n) is 4.84. The summed E-state index contributed by atoms with van der Waals surface area (Å²) in [4.78, 5) is 0. The summed E-state index contributed by atoms with van der Waals surface area (Å²) in [6.45, 7) is 0. The molecule has 0 spiro atoms. The van der Waals surface area contributed by atoms with Crippen molar-refractivity contribution in [3.05, 3.63) is 46.2 Å². The van der Waals surface area contributed by atoms with E-state index in [9.17, 15) is 0 Å². The van der Waals surface area contributed by atoms with Gasteiger partial charge in [0.05, 0.1) is 5.71 Å². The third kappa shape index (κ3) is 4.33. The number of rotatable bonds is 5. The number of hydrogen-bond acceptors (Lipinski definition) is 4. The van der Waals surface area contributed by atoms with Crippen LogP contribution in [0.5, 0.6) is 0 Å². The maximum atomic E-state index is 8.95. The van der Waals surface area contributed by atoms with Crippen LogP contribution >= 0.6 is 23.5 Å². The van der Waals surface area contributed by atoms with E-state index in [4.69, 9.17) is 5.21 Å². The van der Waals surface area contributed by atoms with Gasteiger partial charge in [0.1, 0.15) is 0 Å². The molecule has 0 radical (unpaired) electrons. The Balaban J connectivity index is 2.75. The molecule has 0 heterocycles. The lowest BCUT2D eigenvalue weighted by Gasteiger charge is -2.02. The van der Waals surface area contributed by atoms with Gasteiger partial charge in [0.25, 0.3) is 0 Å². The van der Waals surface area contributed by atoms with E-state index < -0.39 is 0 Å². The second-order valence-corrected chi connectivity index (χ2v) is 5.08. The normalized spacial score (nSPS) is 11.2. The Morgan fingerprint density at radius 3 is 2.38 bits per heavy atom. The quantitative estimate of drug-likeness (QED) is 0.494. The van der Waals surface area contributed by atoms with Crippen molar-refractivity contribution in [3.63, 3.8) is 0 Å². The molecule has 0 saturated carbocycles. The molecular weight excluding hydrogens is 238 g/mol. The Labute approximate surface area is 105 Å². The average molecular weight is 253 g/mol. The second kappa shape index (κ2) is 7.41. The number of hydrogen-bond donors (Lipinski definition) is 1. The van der Waals surface area contributed by atoms with Crippen LogP contribution in [0.2, 0.25) is 0 Å². The molecule has 1 N–H and O–H groups in total. The van der Waals surface area contributed by atoms with Crippen LogP contribution in [0, 0.1) is 0 Å². The molecule has 0 fully saturated rings. The zero-order valence-corrected chi connectivity index (χ0v) is 11.0. The van der Waals surface area contributed by atoms with Crippen LogP contribution < -0.4 is 0 Å². The van der Waals surface area contributed by atoms with Gasteiger partial charge in [-0.1, -0.05) is 35.5 Å². The molecule has 0 unspecified atom stereocenters. The van der Waals surface area contributed by atoms with E-state index in [0.717, 1.165) is 9.80 Å². The molecule has 0 atom stereocenters. The second-order valence-electron chi connectivity index (χ2n) is 3.13. The molecule has 1 rings (SSSR count). The summed E-state index contributed by atoms with van der Waals surface area (Å²) in [5, 5.41) is 12.3. The third-order valence-electron chi connectivity index (χ3n) is 2.04. The van der Waals surface area contributed by atoms with Crippen molar-refractivity contribution in [1.29, 1.82) is 0 Å². The van der Waals surface area contributed by atoms with E-state index in [1.807, 2.05) is 48.9 Å². The van der Waals surface area contributed by atoms with Gasteiger partial charge in [-0.15, -0.1) is 23.5 Å². The van der Waals surface area contributed by atoms with Gasteiger partial charge in [0.15, 0.2) is 0 Å². The third-order valence-corrected chi connectivity index (χ3v) is 4.08. The zero-order chi connectivity index (χ0) is 11.8. The van der Waals surface area contributed by atoms with E-state index >= 15 is 0 Å². The number of oxime groups is 1. The standard InChI is InChI=1S/C12H15NOS2/c1-15-12(16-2)9-11(13-14)8-10-6-4-3-5-7-10/h3-7,9,14H,8H2,1-2H3/b13-11-. The van der Waals surface area contributed by atoms with E-state index in [1.165, 1.54) is 0 Å². The van der Waals surface area contributed by atoms with Crippen molar-refractivity contribution in [2.45, 2.75) is 6.42 Å². The van der Waals surface area contributed by atoms with Crippen LogP contribution in [-0.2, 0) is 6.42 Å². The minimum absolute atomic E-state index is 0.655. The maximum Gasteiger partial charge on any atom is 0.0855 e. The van der Waals surface area contributed by atoms with Crippen LogP contribution in [-0.4, -0.2) is 23.4 Å². The van der Waals surface area contributed by atoms with Gasteiger partial charge in [0, 0.05) is 10.7 Å². The molecule has 2 nitrogen and oxygen atoms in total. The van der Waals surface area contributed by atoms with Crippen molar-refractivity contribution < 1.29 is 5.21 Å². The first-order valence-corrected chi connectivity index (χ1v) is 7.29. The first-order chi connectivity index (χ1) is 7.80. The predicted octanol–water partition coefficient (Wildman–Crippen LogP) is 3.63. The van der Waals surface area contributed by atoms with Crippen molar-refractivity contribution in [1.82, 2.24) is 0 Å². The predicted molar refractivity (Wildman–Crippen MR) is 74.5 cm³/mol. The van der Waals surface area contributed by atoms with E-state index in [1.54, 1.807) is 23.5 Å². The Morgan fingerprint density at radius 1 is 1.25 bits per heavy atom. The average Bonchev–Trinajstić information content (AvgIpc) is 2.35. The molecule has 16 heavy (non-hydrogen) atoms. The van der Waals surface area contributed by atoms with Gasteiger partial charge in [-0.3, -0.25) is 0 Å². The number of benzene rings is 1. The van der Waals surface area contributed by atoms with Crippen molar-refractivity contribution in [3.8, 4) is 0 Å². The summed E-state index contributed by atoms with van der Waals surface area (Å²) < 4.78 is 1.14. The molecular formula is C12H15NOS2. The summed E-state index contributed by atoms with van der Waals surface area (Å²) in [6, 6.07) is 9.99. The minimum Gasteiger partial charge on any atom is -0.411 e. The molecule has 4 heteroatoms. The molecule has 0 amide bonds. The van der Waals surface area contributed by atoms with Gasteiger partial charge in [-0.05, 0) is 24.2 Å². The minimum atomic E-state index is 0.655. The number of nitrogens with zero attached hydrogens (tertiary/aromatic N) is 1. The van der Waals surface area contributed by atoms with Crippen molar-refractivity contribution in [2.75, 3.05) is 12.5 Å². The molecule has 0 bridgehead atoms. The highest BCUT2D eigenvalue weighted by Gasteiger charge is 2.01. The number of allylic oxidation sites excluding steroid dienone is 1. The SMILES string of the molecule is CSC(=C/C(Cc1ccccc1)=N\O)SC. The van der Waals surface area contributed by atoms with E-state index in [-0.39, 0.29) is 0 Å². The molecule has 0 saturated heterocycles. The van der Waals surface area contributed by atoms with Gasteiger partial charge in [-0.25, -0.2) is 0 Å². The highest BCUT2D eigenvalue weighted by atomic mass is 32.2. The summed E-state index contributed by atoms with van der Waals surface area (Å²) >= 11 is 3.31. The fourth-order valence-electron chi connectivity index (χ4n) is 1.26. The molecule has 0 aliphatic carbocycles. The summed E-state index contributed by atoms with van der Waals surface area (Å²) in [6.07, 6.45) is 6.60. The van der Waals surface area contributed by atoms with Gasteiger partial charge in [0.2, 0.25) is 0 Å². The Kier molecular flexibility index (Phi) is 6.11. The van der Waals surface area contributed by atoms with Gasteiger partial charge in [-0.2, -0.15) is 0 Å². The lowest BCUT2D eigenvalue weighted by Crippen LogP contribution is -2.00. The van der Waals surface area contributed by atoms with Crippen LogP contribution in [0.1, 0.15) is 5.56 Å². The zero-order valence-electron chi connectivity index (χ0n) is 9.38. The summed E-state index contributed by atoms with van der Waals surface area (Å²) in [5.41, 5.74) is 1.83. The highest BCUT2D eigenvalue weighted by molar-refractivity contribution is 8.21. The molecule has 86 valence electrons. The van der Waals surface area contributed by atoms with E-state index in [0.29, 0.717) is 12.1 Å². The lowest BCUT2D eigenvalue weighted by molar-refractivity contribution is 0.318. The van der Waals surface area contributed by atoms with Crippen LogP contribution in [0.25, 0.3) is 0 Å². The molecule has 1 aromatic carbocycles. The highest BCUT2D eigenvalue weighted by Crippen LogP contribution is 2.23. The van der Waals surface area contributed by atoms with Crippen molar-refractivity contribution in [2.24, 2.45) is 5.16 Å². The van der Waals surface area contributed by atoms with Crippen molar-refractivity contribution >= 4 is 29.2 Å². The number of thioether (sulfide) groups is 2. The van der Waals surface area contributed by atoms with Crippen LogP contribution in [0.15, 0.2) is 45.8 Å². The molecule has 0 aliphatic heterocycles. The smallest absolute Gasteiger partial charge is 0.0855 e. The Morgan fingerprint density at radius 2 is 1.88 bits per heavy atom. The van der Waals surface area contributed by atoms with Gasteiger partial charge >= 0.3 is 0 Å².